The molecule has 1 unspecified atom stereocenters. The smallest absolute Gasteiger partial charge is 0.0598 e. The molecule has 3 nitrogen and oxygen atoms in total. The van der Waals surface area contributed by atoms with Gasteiger partial charge in [0, 0.05) is 19.8 Å². The third kappa shape index (κ3) is 14.2. The highest BCUT2D eigenvalue weighted by Crippen LogP contribution is 2.06. The summed E-state index contributed by atoms with van der Waals surface area (Å²) in [6, 6.07) is 0. The molecule has 0 amide bonds. The van der Waals surface area contributed by atoms with Crippen LogP contribution in [0.5, 0.6) is 0 Å². The lowest BCUT2D eigenvalue weighted by atomic mass is 10.2. The van der Waals surface area contributed by atoms with Crippen LogP contribution in [0.3, 0.4) is 0 Å². The van der Waals surface area contributed by atoms with Gasteiger partial charge in [-0.3, -0.25) is 0 Å². The minimum Gasteiger partial charge on any atom is -0.381 e. The number of ether oxygens (including phenoxy) is 2. The van der Waals surface area contributed by atoms with E-state index in [4.69, 9.17) is 9.47 Å². The van der Waals surface area contributed by atoms with Crippen molar-refractivity contribution in [1.29, 1.82) is 0 Å². The Morgan fingerprint density at radius 2 is 1.76 bits per heavy atom. The van der Waals surface area contributed by atoms with E-state index >= 15 is 0 Å². The molecule has 0 aliphatic carbocycles. The van der Waals surface area contributed by atoms with Gasteiger partial charge in [-0.2, -0.15) is 0 Å². The quantitative estimate of drug-likeness (QED) is 0.485. The van der Waals surface area contributed by atoms with Crippen LogP contribution in [0.4, 0.5) is 0 Å². The highest BCUT2D eigenvalue weighted by atomic mass is 32.2. The average Bonchev–Trinajstić information content (AvgIpc) is 2.25. The van der Waals surface area contributed by atoms with Gasteiger partial charge in [0.15, 0.2) is 0 Å². The summed E-state index contributed by atoms with van der Waals surface area (Å²) in [6.45, 7) is 11.9. The van der Waals surface area contributed by atoms with Crippen LogP contribution >= 0.6 is 11.8 Å². The average molecular weight is 263 g/mol. The molecule has 0 aromatic rings. The second-order valence-corrected chi connectivity index (χ2v) is 6.29. The van der Waals surface area contributed by atoms with Crippen molar-refractivity contribution in [3.63, 3.8) is 0 Å². The Hall–Kier alpha value is 0.230. The van der Waals surface area contributed by atoms with E-state index in [0.717, 1.165) is 39.2 Å². The van der Waals surface area contributed by atoms with Gasteiger partial charge in [-0.25, -0.2) is 0 Å². The van der Waals surface area contributed by atoms with Crippen LogP contribution in [0.2, 0.25) is 0 Å². The summed E-state index contributed by atoms with van der Waals surface area (Å²) in [4.78, 5) is 0. The third-order valence-electron chi connectivity index (χ3n) is 2.22. The number of nitrogens with one attached hydrogen (secondary N) is 1. The molecule has 0 heterocycles. The molecule has 17 heavy (non-hydrogen) atoms. The van der Waals surface area contributed by atoms with Gasteiger partial charge in [0.2, 0.25) is 0 Å². The molecule has 0 fully saturated rings. The maximum atomic E-state index is 5.61. The van der Waals surface area contributed by atoms with E-state index in [0.29, 0.717) is 5.37 Å². The molecule has 0 saturated carbocycles. The standard InChI is InChI=1S/C13H29NO2S/c1-12(17-5)14-8-6-9-15-10-7-11-16-13(2,3)4/h12,14H,6-11H2,1-5H3. The van der Waals surface area contributed by atoms with Crippen molar-refractivity contribution in [2.45, 2.75) is 51.5 Å². The highest BCUT2D eigenvalue weighted by molar-refractivity contribution is 7.99. The summed E-state index contributed by atoms with van der Waals surface area (Å²) >= 11 is 1.83. The largest absolute Gasteiger partial charge is 0.381 e. The predicted octanol–water partition coefficient (Wildman–Crippen LogP) is 2.90. The maximum Gasteiger partial charge on any atom is 0.0598 e. The van der Waals surface area contributed by atoms with Crippen LogP contribution in [0.1, 0.15) is 40.5 Å². The van der Waals surface area contributed by atoms with E-state index < -0.39 is 0 Å². The summed E-state index contributed by atoms with van der Waals surface area (Å²) in [5.74, 6) is 0. The first-order chi connectivity index (χ1) is 7.95. The van der Waals surface area contributed by atoms with E-state index in [-0.39, 0.29) is 5.60 Å². The monoisotopic (exact) mass is 263 g/mol. The van der Waals surface area contributed by atoms with Crippen molar-refractivity contribution in [3.8, 4) is 0 Å². The van der Waals surface area contributed by atoms with E-state index in [1.807, 2.05) is 11.8 Å². The first-order valence-electron chi connectivity index (χ1n) is 6.43. The Kier molecular flexibility index (Phi) is 10.3. The molecule has 0 bridgehead atoms. The molecule has 0 saturated heterocycles. The first-order valence-corrected chi connectivity index (χ1v) is 7.72. The highest BCUT2D eigenvalue weighted by Gasteiger charge is 2.08. The van der Waals surface area contributed by atoms with Gasteiger partial charge < -0.3 is 14.8 Å². The molecule has 1 atom stereocenters. The second-order valence-electron chi connectivity index (χ2n) is 5.11. The molecular weight excluding hydrogens is 234 g/mol. The molecule has 0 aromatic heterocycles. The maximum absolute atomic E-state index is 5.61. The minimum atomic E-state index is -0.0299. The summed E-state index contributed by atoms with van der Waals surface area (Å²) < 4.78 is 11.1. The van der Waals surface area contributed by atoms with Gasteiger partial charge in [0.1, 0.15) is 0 Å². The van der Waals surface area contributed by atoms with Gasteiger partial charge in [0.25, 0.3) is 0 Å². The normalized spacial score (nSPS) is 13.9. The predicted molar refractivity (Wildman–Crippen MR) is 76.7 cm³/mol. The zero-order valence-corrected chi connectivity index (χ0v) is 12.9. The van der Waals surface area contributed by atoms with Gasteiger partial charge in [-0.1, -0.05) is 0 Å². The lowest BCUT2D eigenvalue weighted by Gasteiger charge is -2.19. The van der Waals surface area contributed by atoms with E-state index in [1.165, 1.54) is 0 Å². The minimum absolute atomic E-state index is 0.0299. The van der Waals surface area contributed by atoms with E-state index in [1.54, 1.807) is 0 Å². The van der Waals surface area contributed by atoms with Crippen molar-refractivity contribution < 1.29 is 9.47 Å². The van der Waals surface area contributed by atoms with Crippen LogP contribution in [-0.2, 0) is 9.47 Å². The second kappa shape index (κ2) is 10.2. The van der Waals surface area contributed by atoms with Gasteiger partial charge in [-0.05, 0) is 53.3 Å². The number of hydrogen-bond acceptors (Lipinski definition) is 4. The molecule has 0 aliphatic heterocycles. The number of rotatable bonds is 10. The summed E-state index contributed by atoms with van der Waals surface area (Å²) in [6.07, 6.45) is 4.17. The zero-order valence-electron chi connectivity index (χ0n) is 12.0. The molecule has 1 N–H and O–H groups in total. The summed E-state index contributed by atoms with van der Waals surface area (Å²) in [5.41, 5.74) is -0.0299. The van der Waals surface area contributed by atoms with Crippen LogP contribution in [0, 0.1) is 0 Å². The molecule has 104 valence electrons. The molecule has 0 spiro atoms. The molecule has 4 heteroatoms. The fourth-order valence-electron chi connectivity index (χ4n) is 1.20. The van der Waals surface area contributed by atoms with Gasteiger partial charge >= 0.3 is 0 Å². The molecule has 0 rings (SSSR count). The van der Waals surface area contributed by atoms with Crippen molar-refractivity contribution in [3.05, 3.63) is 0 Å². The Morgan fingerprint density at radius 1 is 1.12 bits per heavy atom. The summed E-state index contributed by atoms with van der Waals surface area (Å²) in [5, 5.41) is 3.95. The van der Waals surface area contributed by atoms with Gasteiger partial charge in [0.05, 0.1) is 11.0 Å². The molecule has 0 aliphatic rings. The molecule has 0 aromatic carbocycles. The van der Waals surface area contributed by atoms with Crippen molar-refractivity contribution in [1.82, 2.24) is 5.32 Å². The number of hydrogen-bond donors (Lipinski definition) is 1. The van der Waals surface area contributed by atoms with Crippen LogP contribution in [0.25, 0.3) is 0 Å². The van der Waals surface area contributed by atoms with E-state index in [9.17, 15) is 0 Å². The first kappa shape index (κ1) is 17.2. The zero-order chi connectivity index (χ0) is 13.1. The van der Waals surface area contributed by atoms with E-state index in [2.05, 4.69) is 39.3 Å². The molecular formula is C13H29NO2S. The fourth-order valence-corrected chi connectivity index (χ4v) is 1.49. The number of thioether (sulfide) groups is 1. The van der Waals surface area contributed by atoms with Crippen LogP contribution in [0.15, 0.2) is 0 Å². The van der Waals surface area contributed by atoms with Gasteiger partial charge in [-0.15, -0.1) is 11.8 Å². The lowest BCUT2D eigenvalue weighted by Crippen LogP contribution is -2.24. The lowest BCUT2D eigenvalue weighted by molar-refractivity contribution is -0.0139. The summed E-state index contributed by atoms with van der Waals surface area (Å²) in [7, 11) is 0. The Balaban J connectivity index is 3.09. The van der Waals surface area contributed by atoms with Crippen molar-refractivity contribution in [2.24, 2.45) is 0 Å². The topological polar surface area (TPSA) is 30.5 Å². The van der Waals surface area contributed by atoms with Crippen molar-refractivity contribution >= 4 is 11.8 Å². The van der Waals surface area contributed by atoms with Crippen LogP contribution in [-0.4, -0.2) is 43.6 Å². The Bertz CT molecular complexity index is 171. The van der Waals surface area contributed by atoms with Crippen molar-refractivity contribution in [2.75, 3.05) is 32.6 Å². The Labute approximate surface area is 111 Å². The van der Waals surface area contributed by atoms with Crippen LogP contribution < -0.4 is 5.32 Å². The third-order valence-corrected chi connectivity index (χ3v) is 3.09. The molecule has 0 radical (unpaired) electrons. The fraction of sp³-hybridized carbons (Fsp3) is 1.00. The Morgan fingerprint density at radius 3 is 2.35 bits per heavy atom. The SMILES string of the molecule is CSC(C)NCCCOCCCOC(C)(C)C.